The fourth-order valence-electron chi connectivity index (χ4n) is 4.74. The third-order valence-corrected chi connectivity index (χ3v) is 7.98. The van der Waals surface area contributed by atoms with E-state index in [2.05, 4.69) is 11.0 Å². The average Bonchev–Trinajstić information content (AvgIpc) is 3.03. The van der Waals surface area contributed by atoms with Gasteiger partial charge in [0.2, 0.25) is 0 Å². The number of rotatable bonds is 6. The molecule has 9 heteroatoms. The summed E-state index contributed by atoms with van der Waals surface area (Å²) < 4.78 is 15.5. The largest absolute Gasteiger partial charge is 0.357 e. The number of thioether (sulfide) groups is 1. The summed E-state index contributed by atoms with van der Waals surface area (Å²) in [5.41, 5.74) is 1.91. The Morgan fingerprint density at radius 2 is 1.81 bits per heavy atom. The summed E-state index contributed by atoms with van der Waals surface area (Å²) in [7, 11) is 0. The topological polar surface area (TPSA) is 69.3 Å². The Labute approximate surface area is 220 Å². The Hall–Kier alpha value is -2.96. The van der Waals surface area contributed by atoms with Crippen molar-refractivity contribution in [2.24, 2.45) is 0 Å². The number of carbonyl (C=O) groups excluding carboxylic acids is 1. The molecular weight excluding hydrogens is 495 g/mol. The third kappa shape index (κ3) is 5.25. The lowest BCUT2D eigenvalue weighted by Gasteiger charge is -2.29. The molecule has 0 aliphatic carbocycles. The Bertz CT molecular complexity index is 1300. The molecular formula is C27H29FN4O2S2. The number of carbonyl (C=O) groups is 1. The van der Waals surface area contributed by atoms with Gasteiger partial charge in [-0.25, -0.2) is 4.39 Å². The molecule has 2 saturated heterocycles. The number of pyridine rings is 1. The van der Waals surface area contributed by atoms with E-state index in [1.54, 1.807) is 29.7 Å². The van der Waals surface area contributed by atoms with Gasteiger partial charge in [-0.1, -0.05) is 55.9 Å². The van der Waals surface area contributed by atoms with Crippen molar-refractivity contribution < 1.29 is 9.18 Å². The molecule has 1 amide bonds. The quantitative estimate of drug-likeness (QED) is 0.374. The van der Waals surface area contributed by atoms with Crippen molar-refractivity contribution in [3.8, 4) is 6.07 Å². The number of amides is 1. The number of hydrogen-bond donors (Lipinski definition) is 0. The monoisotopic (exact) mass is 524 g/mol. The van der Waals surface area contributed by atoms with Crippen LogP contribution in [-0.2, 0) is 17.9 Å². The number of nitrogens with zero attached hydrogens (tertiary/aromatic N) is 4. The molecule has 0 N–H and O–H groups in total. The first kappa shape index (κ1) is 26.1. The van der Waals surface area contributed by atoms with E-state index in [4.69, 9.17) is 12.2 Å². The van der Waals surface area contributed by atoms with Crippen LogP contribution in [0.25, 0.3) is 6.08 Å². The highest BCUT2D eigenvalue weighted by molar-refractivity contribution is 8.26. The van der Waals surface area contributed by atoms with Gasteiger partial charge in [-0.15, -0.1) is 0 Å². The molecule has 2 aliphatic rings. The molecule has 0 bridgehead atoms. The maximum absolute atomic E-state index is 13.4. The molecule has 0 unspecified atom stereocenters. The standard InChI is InChI=1S/C27H29FN4O2S2/c1-3-12-31-24(30-13-6-4-5-7-14-30)21(18(2)22(16-29)25(31)33)15-23-26(34)32(27(35)36-23)17-19-8-10-20(28)11-9-19/h8-11,15H,3-7,12-14,17H2,1-2H3/b23-15-. The lowest BCUT2D eigenvalue weighted by Crippen LogP contribution is -2.35. The van der Waals surface area contributed by atoms with Gasteiger partial charge in [-0.05, 0) is 55.5 Å². The normalized spacial score (nSPS) is 17.6. The Kier molecular flexibility index (Phi) is 8.27. The summed E-state index contributed by atoms with van der Waals surface area (Å²) in [6.07, 6.45) is 6.87. The lowest BCUT2D eigenvalue weighted by molar-refractivity contribution is -0.122. The van der Waals surface area contributed by atoms with Crippen LogP contribution in [0.3, 0.4) is 0 Å². The van der Waals surface area contributed by atoms with Crippen LogP contribution in [0.1, 0.15) is 61.3 Å². The molecule has 0 atom stereocenters. The third-order valence-electron chi connectivity index (χ3n) is 6.60. The van der Waals surface area contributed by atoms with E-state index >= 15 is 0 Å². The first-order chi connectivity index (χ1) is 17.3. The van der Waals surface area contributed by atoms with Crippen LogP contribution in [-0.4, -0.2) is 32.8 Å². The zero-order chi connectivity index (χ0) is 25.8. The molecule has 4 rings (SSSR count). The number of halogens is 1. The Morgan fingerprint density at radius 3 is 2.42 bits per heavy atom. The zero-order valence-electron chi connectivity index (χ0n) is 20.6. The molecule has 0 spiro atoms. The highest BCUT2D eigenvalue weighted by Gasteiger charge is 2.33. The first-order valence-corrected chi connectivity index (χ1v) is 13.5. The van der Waals surface area contributed by atoms with Gasteiger partial charge in [0.15, 0.2) is 0 Å². The lowest BCUT2D eigenvalue weighted by atomic mass is 10.0. The van der Waals surface area contributed by atoms with Crippen LogP contribution >= 0.6 is 24.0 Å². The van der Waals surface area contributed by atoms with Crippen LogP contribution in [0.2, 0.25) is 0 Å². The molecule has 36 heavy (non-hydrogen) atoms. The summed E-state index contributed by atoms with van der Waals surface area (Å²) in [6.45, 7) is 6.17. The van der Waals surface area contributed by atoms with Gasteiger partial charge in [0.25, 0.3) is 11.5 Å². The molecule has 188 valence electrons. The van der Waals surface area contributed by atoms with E-state index in [0.29, 0.717) is 21.3 Å². The van der Waals surface area contributed by atoms with Crippen molar-refractivity contribution in [3.05, 3.63) is 67.6 Å². The summed E-state index contributed by atoms with van der Waals surface area (Å²) in [5, 5.41) is 9.82. The SMILES string of the molecule is CCCn1c(N2CCCCCC2)c(/C=C2\SC(=S)N(Cc3ccc(F)cc3)C2=O)c(C)c(C#N)c1=O. The molecule has 2 fully saturated rings. The van der Waals surface area contributed by atoms with E-state index in [9.17, 15) is 19.2 Å². The minimum Gasteiger partial charge on any atom is -0.357 e. The number of aromatic nitrogens is 1. The molecule has 1 aromatic carbocycles. The van der Waals surface area contributed by atoms with E-state index in [1.165, 1.54) is 28.8 Å². The van der Waals surface area contributed by atoms with Crippen LogP contribution < -0.4 is 10.5 Å². The minimum atomic E-state index is -0.337. The second kappa shape index (κ2) is 11.4. The Morgan fingerprint density at radius 1 is 1.14 bits per heavy atom. The predicted molar refractivity (Wildman–Crippen MR) is 146 cm³/mol. The van der Waals surface area contributed by atoms with E-state index in [-0.39, 0.29) is 29.4 Å². The highest BCUT2D eigenvalue weighted by atomic mass is 32.2. The smallest absolute Gasteiger partial charge is 0.270 e. The van der Waals surface area contributed by atoms with Gasteiger partial charge in [-0.3, -0.25) is 19.1 Å². The van der Waals surface area contributed by atoms with Gasteiger partial charge in [0.05, 0.1) is 11.4 Å². The minimum absolute atomic E-state index is 0.107. The number of anilines is 1. The second-order valence-electron chi connectivity index (χ2n) is 9.10. The van der Waals surface area contributed by atoms with Crippen molar-refractivity contribution in [2.45, 2.75) is 59.0 Å². The molecule has 2 aromatic rings. The van der Waals surface area contributed by atoms with Crippen molar-refractivity contribution in [1.82, 2.24) is 9.47 Å². The molecule has 1 aromatic heterocycles. The maximum atomic E-state index is 13.4. The summed E-state index contributed by atoms with van der Waals surface area (Å²) >= 11 is 6.73. The Balaban J connectivity index is 1.81. The van der Waals surface area contributed by atoms with Crippen molar-refractivity contribution >= 4 is 46.1 Å². The number of benzene rings is 1. The highest BCUT2D eigenvalue weighted by Crippen LogP contribution is 2.37. The summed E-state index contributed by atoms with van der Waals surface area (Å²) in [4.78, 5) is 30.9. The molecule has 3 heterocycles. The van der Waals surface area contributed by atoms with E-state index < -0.39 is 0 Å². The number of nitriles is 1. The molecule has 2 aliphatic heterocycles. The van der Waals surface area contributed by atoms with Crippen LogP contribution in [0.5, 0.6) is 0 Å². The van der Waals surface area contributed by atoms with Crippen LogP contribution in [0, 0.1) is 24.1 Å². The van der Waals surface area contributed by atoms with E-state index in [1.807, 2.05) is 6.92 Å². The molecule has 0 saturated carbocycles. The number of hydrogen-bond acceptors (Lipinski definition) is 6. The van der Waals surface area contributed by atoms with Crippen LogP contribution in [0.15, 0.2) is 34.0 Å². The molecule has 6 nitrogen and oxygen atoms in total. The van der Waals surface area contributed by atoms with Crippen molar-refractivity contribution in [3.63, 3.8) is 0 Å². The molecule has 0 radical (unpaired) electrons. The van der Waals surface area contributed by atoms with E-state index in [0.717, 1.165) is 62.1 Å². The second-order valence-corrected chi connectivity index (χ2v) is 10.8. The van der Waals surface area contributed by atoms with Crippen molar-refractivity contribution in [1.29, 1.82) is 5.26 Å². The number of thiocarbonyl (C=S) groups is 1. The van der Waals surface area contributed by atoms with Gasteiger partial charge in [-0.2, -0.15) is 5.26 Å². The van der Waals surface area contributed by atoms with Gasteiger partial charge < -0.3 is 4.90 Å². The first-order valence-electron chi connectivity index (χ1n) is 12.3. The average molecular weight is 525 g/mol. The van der Waals surface area contributed by atoms with Crippen molar-refractivity contribution in [2.75, 3.05) is 18.0 Å². The van der Waals surface area contributed by atoms with Gasteiger partial charge >= 0.3 is 0 Å². The predicted octanol–water partition coefficient (Wildman–Crippen LogP) is 5.36. The van der Waals surface area contributed by atoms with Gasteiger partial charge in [0.1, 0.15) is 27.6 Å². The fraction of sp³-hybridized carbons (Fsp3) is 0.407. The fourth-order valence-corrected chi connectivity index (χ4v) is 5.98. The zero-order valence-corrected chi connectivity index (χ0v) is 22.2. The maximum Gasteiger partial charge on any atom is 0.270 e. The van der Waals surface area contributed by atoms with Gasteiger partial charge in [0, 0.05) is 25.2 Å². The summed E-state index contributed by atoms with van der Waals surface area (Å²) in [6, 6.07) is 8.09. The van der Waals surface area contributed by atoms with Crippen LogP contribution in [0.4, 0.5) is 10.2 Å². The summed E-state index contributed by atoms with van der Waals surface area (Å²) in [5.74, 6) is 0.211.